The van der Waals surface area contributed by atoms with E-state index >= 15 is 0 Å². The van der Waals surface area contributed by atoms with Gasteiger partial charge in [-0.1, -0.05) is 12.1 Å². The number of amides is 1. The number of nitrogens with one attached hydrogen (secondary N) is 1. The number of hydrogen-bond donors (Lipinski definition) is 1. The van der Waals surface area contributed by atoms with Crippen LogP contribution in [-0.4, -0.2) is 28.8 Å². The number of anilines is 1. The van der Waals surface area contributed by atoms with E-state index in [0.717, 1.165) is 4.68 Å². The van der Waals surface area contributed by atoms with Crippen molar-refractivity contribution in [2.75, 3.05) is 12.4 Å². The Hall–Kier alpha value is -3.81. The lowest BCUT2D eigenvalue weighted by Crippen LogP contribution is -2.47. The number of aromatic nitrogens is 2. The van der Waals surface area contributed by atoms with Crippen molar-refractivity contribution in [2.24, 2.45) is 0 Å². The highest BCUT2D eigenvalue weighted by atomic mass is 19.1. The molecule has 0 radical (unpaired) electrons. The maximum absolute atomic E-state index is 13.2. The molecule has 0 atom stereocenters. The predicted octanol–water partition coefficient (Wildman–Crippen LogP) is 3.21. The van der Waals surface area contributed by atoms with E-state index < -0.39 is 28.8 Å². The lowest BCUT2D eigenvalue weighted by Gasteiger charge is -2.25. The number of halogens is 1. The monoisotopic (exact) mass is 409 g/mol. The van der Waals surface area contributed by atoms with Gasteiger partial charge in [-0.05, 0) is 56.3 Å². The summed E-state index contributed by atoms with van der Waals surface area (Å²) in [5.41, 5.74) is -0.434. The Kier molecular flexibility index (Phi) is 5.77. The molecular weight excluding hydrogens is 389 g/mol. The quantitative estimate of drug-likeness (QED) is 0.654. The fourth-order valence-corrected chi connectivity index (χ4v) is 2.84. The van der Waals surface area contributed by atoms with Crippen molar-refractivity contribution in [1.82, 2.24) is 9.78 Å². The van der Waals surface area contributed by atoms with E-state index in [1.165, 1.54) is 63.4 Å². The van der Waals surface area contributed by atoms with Gasteiger partial charge in [0.2, 0.25) is 0 Å². The first-order valence-electron chi connectivity index (χ1n) is 9.09. The molecule has 3 rings (SSSR count). The van der Waals surface area contributed by atoms with Gasteiger partial charge >= 0.3 is 5.97 Å². The Morgan fingerprint density at radius 2 is 1.70 bits per heavy atom. The summed E-state index contributed by atoms with van der Waals surface area (Å²) in [5.74, 6) is -1.54. The van der Waals surface area contributed by atoms with E-state index in [9.17, 15) is 18.8 Å². The minimum Gasteiger partial charge on any atom is -0.465 e. The van der Waals surface area contributed by atoms with Crippen LogP contribution in [0.4, 0.5) is 10.1 Å². The molecule has 1 amide bonds. The van der Waals surface area contributed by atoms with Crippen molar-refractivity contribution in [1.29, 1.82) is 0 Å². The molecular formula is C22H20FN3O4. The third kappa shape index (κ3) is 4.12. The number of esters is 1. The summed E-state index contributed by atoms with van der Waals surface area (Å²) < 4.78 is 19.0. The van der Waals surface area contributed by atoms with Gasteiger partial charge in [0.05, 0.1) is 24.1 Å². The number of benzene rings is 2. The Morgan fingerprint density at radius 3 is 2.37 bits per heavy atom. The van der Waals surface area contributed by atoms with Crippen LogP contribution in [0.5, 0.6) is 0 Å². The zero-order valence-electron chi connectivity index (χ0n) is 16.7. The minimum absolute atomic E-state index is 0.185. The van der Waals surface area contributed by atoms with Crippen LogP contribution in [0.1, 0.15) is 24.2 Å². The van der Waals surface area contributed by atoms with Gasteiger partial charge in [-0.3, -0.25) is 9.59 Å². The highest BCUT2D eigenvalue weighted by Gasteiger charge is 2.33. The van der Waals surface area contributed by atoms with Crippen LogP contribution in [0.2, 0.25) is 0 Å². The molecule has 1 N–H and O–H groups in total. The van der Waals surface area contributed by atoms with E-state index in [1.807, 2.05) is 0 Å². The van der Waals surface area contributed by atoms with Gasteiger partial charge < -0.3 is 10.1 Å². The highest BCUT2D eigenvalue weighted by Crippen LogP contribution is 2.22. The van der Waals surface area contributed by atoms with Gasteiger partial charge in [0.15, 0.2) is 0 Å². The van der Waals surface area contributed by atoms with Crippen LogP contribution in [0.3, 0.4) is 0 Å². The number of hydrogen-bond acceptors (Lipinski definition) is 5. The number of carbonyl (C=O) groups is 2. The van der Waals surface area contributed by atoms with Crippen molar-refractivity contribution < 1.29 is 18.7 Å². The first-order chi connectivity index (χ1) is 14.2. The molecule has 0 aliphatic heterocycles. The van der Waals surface area contributed by atoms with Crippen LogP contribution >= 0.6 is 0 Å². The van der Waals surface area contributed by atoms with Crippen molar-refractivity contribution in [3.05, 3.63) is 82.4 Å². The van der Waals surface area contributed by atoms with Gasteiger partial charge in [0, 0.05) is 11.6 Å². The van der Waals surface area contributed by atoms with E-state index in [-0.39, 0.29) is 11.3 Å². The highest BCUT2D eigenvalue weighted by molar-refractivity contribution is 6.03. The first-order valence-corrected chi connectivity index (χ1v) is 9.09. The maximum atomic E-state index is 13.2. The molecule has 0 aliphatic carbocycles. The van der Waals surface area contributed by atoms with Crippen LogP contribution in [-0.2, 0) is 15.1 Å². The molecule has 0 saturated heterocycles. The van der Waals surface area contributed by atoms with Gasteiger partial charge in [-0.25, -0.2) is 13.9 Å². The van der Waals surface area contributed by atoms with Crippen LogP contribution in [0.15, 0.2) is 65.5 Å². The SMILES string of the molecule is COC(=O)c1ccccc1NC(=O)C(C)(C)n1nc(-c2ccc(F)cc2)ccc1=O. The Balaban J connectivity index is 1.96. The largest absolute Gasteiger partial charge is 0.465 e. The smallest absolute Gasteiger partial charge is 0.339 e. The molecule has 30 heavy (non-hydrogen) atoms. The summed E-state index contributed by atoms with van der Waals surface area (Å²) >= 11 is 0. The molecule has 1 heterocycles. The Bertz CT molecular complexity index is 1150. The fraction of sp³-hybridized carbons (Fsp3) is 0.182. The molecule has 0 aliphatic rings. The summed E-state index contributed by atoms with van der Waals surface area (Å²) in [5, 5.41) is 6.98. The minimum atomic E-state index is -1.39. The molecule has 0 unspecified atom stereocenters. The van der Waals surface area contributed by atoms with Crippen LogP contribution in [0, 0.1) is 5.82 Å². The second kappa shape index (κ2) is 8.28. The lowest BCUT2D eigenvalue weighted by molar-refractivity contribution is -0.123. The number of methoxy groups -OCH3 is 1. The third-order valence-electron chi connectivity index (χ3n) is 4.61. The molecule has 154 valence electrons. The van der Waals surface area contributed by atoms with E-state index in [0.29, 0.717) is 11.3 Å². The van der Waals surface area contributed by atoms with Gasteiger partial charge in [-0.15, -0.1) is 0 Å². The fourth-order valence-electron chi connectivity index (χ4n) is 2.84. The second-order valence-corrected chi connectivity index (χ2v) is 7.03. The standard InChI is InChI=1S/C22H20FN3O4/c1-22(2,21(29)24-18-7-5-4-6-16(18)20(28)30-3)26-19(27)13-12-17(25-26)14-8-10-15(23)11-9-14/h4-13H,1-3H3,(H,24,29). The third-order valence-corrected chi connectivity index (χ3v) is 4.61. The summed E-state index contributed by atoms with van der Waals surface area (Å²) in [6.45, 7) is 3.07. The van der Waals surface area contributed by atoms with E-state index in [1.54, 1.807) is 18.2 Å². The average Bonchev–Trinajstić information content (AvgIpc) is 2.74. The molecule has 8 heteroatoms. The topological polar surface area (TPSA) is 90.3 Å². The molecule has 7 nitrogen and oxygen atoms in total. The first kappa shape index (κ1) is 20.9. The molecule has 1 aromatic heterocycles. The lowest BCUT2D eigenvalue weighted by atomic mass is 10.0. The summed E-state index contributed by atoms with van der Waals surface area (Å²) in [7, 11) is 1.25. The molecule has 0 saturated carbocycles. The van der Waals surface area contributed by atoms with Crippen LogP contribution < -0.4 is 10.9 Å². The summed E-state index contributed by atoms with van der Waals surface area (Å²) in [6, 6.07) is 14.8. The van der Waals surface area contributed by atoms with Crippen molar-refractivity contribution in [3.63, 3.8) is 0 Å². The van der Waals surface area contributed by atoms with E-state index in [4.69, 9.17) is 4.74 Å². The van der Waals surface area contributed by atoms with Crippen molar-refractivity contribution in [2.45, 2.75) is 19.4 Å². The number of rotatable bonds is 5. The number of para-hydroxylation sites is 1. The van der Waals surface area contributed by atoms with Crippen molar-refractivity contribution in [3.8, 4) is 11.3 Å². The normalized spacial score (nSPS) is 11.1. The maximum Gasteiger partial charge on any atom is 0.339 e. The van der Waals surface area contributed by atoms with Crippen molar-refractivity contribution >= 4 is 17.6 Å². The molecule has 3 aromatic rings. The zero-order chi connectivity index (χ0) is 21.9. The van der Waals surface area contributed by atoms with Gasteiger partial charge in [0.25, 0.3) is 11.5 Å². The summed E-state index contributed by atoms with van der Waals surface area (Å²) in [4.78, 5) is 37.4. The number of nitrogens with zero attached hydrogens (tertiary/aromatic N) is 2. The average molecular weight is 409 g/mol. The van der Waals surface area contributed by atoms with Gasteiger partial charge in [0.1, 0.15) is 11.4 Å². The molecule has 2 aromatic carbocycles. The second-order valence-electron chi connectivity index (χ2n) is 7.03. The molecule has 0 bridgehead atoms. The molecule has 0 fully saturated rings. The van der Waals surface area contributed by atoms with Crippen LogP contribution in [0.25, 0.3) is 11.3 Å². The number of ether oxygens (including phenoxy) is 1. The zero-order valence-corrected chi connectivity index (χ0v) is 16.7. The number of carbonyl (C=O) groups excluding carboxylic acids is 2. The summed E-state index contributed by atoms with van der Waals surface area (Å²) in [6.07, 6.45) is 0. The Morgan fingerprint density at radius 1 is 1.03 bits per heavy atom. The Labute approximate surface area is 172 Å². The van der Waals surface area contributed by atoms with E-state index in [2.05, 4.69) is 10.4 Å². The predicted molar refractivity (Wildman–Crippen MR) is 110 cm³/mol. The van der Waals surface area contributed by atoms with Gasteiger partial charge in [-0.2, -0.15) is 5.10 Å². The molecule has 0 spiro atoms.